The van der Waals surface area contributed by atoms with Gasteiger partial charge in [-0.2, -0.15) is 4.68 Å². The third-order valence-corrected chi connectivity index (χ3v) is 4.54. The van der Waals surface area contributed by atoms with Gasteiger partial charge in [0.15, 0.2) is 17.0 Å². The Morgan fingerprint density at radius 3 is 2.70 bits per heavy atom. The maximum absolute atomic E-state index is 6.00. The number of nitrogens with zero attached hydrogens (tertiary/aromatic N) is 7. The lowest BCUT2D eigenvalue weighted by molar-refractivity contribution is 0.167. The molecule has 0 amide bonds. The predicted octanol–water partition coefficient (Wildman–Crippen LogP) is 2.18. The highest BCUT2D eigenvalue weighted by Gasteiger charge is 2.32. The van der Waals surface area contributed by atoms with Crippen molar-refractivity contribution < 1.29 is 4.74 Å². The Labute approximate surface area is 155 Å². The van der Waals surface area contributed by atoms with Crippen LogP contribution in [0.5, 0.6) is 5.75 Å². The van der Waals surface area contributed by atoms with Crippen LogP contribution in [0.15, 0.2) is 55.0 Å². The van der Waals surface area contributed by atoms with Gasteiger partial charge in [-0.15, -0.1) is 5.10 Å². The van der Waals surface area contributed by atoms with E-state index in [1.807, 2.05) is 49.4 Å². The molecular formula is C19H17N7O. The summed E-state index contributed by atoms with van der Waals surface area (Å²) in [5, 5.41) is 8.58. The minimum Gasteiger partial charge on any atom is -0.487 e. The highest BCUT2D eigenvalue weighted by Crippen LogP contribution is 2.27. The van der Waals surface area contributed by atoms with E-state index in [0.717, 1.165) is 36.0 Å². The summed E-state index contributed by atoms with van der Waals surface area (Å²) in [6, 6.07) is 13.7. The largest absolute Gasteiger partial charge is 0.487 e. The van der Waals surface area contributed by atoms with Crippen molar-refractivity contribution in [2.45, 2.75) is 13.0 Å². The first-order chi connectivity index (χ1) is 13.3. The average Bonchev–Trinajstić information content (AvgIpc) is 3.10. The van der Waals surface area contributed by atoms with Gasteiger partial charge in [0.1, 0.15) is 18.2 Å². The zero-order valence-corrected chi connectivity index (χ0v) is 14.7. The number of ether oxygens (including phenoxy) is 1. The predicted molar refractivity (Wildman–Crippen MR) is 100 cm³/mol. The Bertz CT molecular complexity index is 1090. The van der Waals surface area contributed by atoms with Crippen molar-refractivity contribution >= 4 is 17.0 Å². The van der Waals surface area contributed by atoms with Gasteiger partial charge in [-0.1, -0.05) is 23.4 Å². The van der Waals surface area contributed by atoms with Crippen LogP contribution in [0.2, 0.25) is 0 Å². The molecule has 0 saturated carbocycles. The van der Waals surface area contributed by atoms with Gasteiger partial charge in [0, 0.05) is 18.0 Å². The van der Waals surface area contributed by atoms with Crippen molar-refractivity contribution in [3.05, 3.63) is 60.7 Å². The van der Waals surface area contributed by atoms with Gasteiger partial charge in [-0.05, 0) is 25.1 Å². The number of anilines is 1. The molecule has 8 nitrogen and oxygen atoms in total. The van der Waals surface area contributed by atoms with Crippen LogP contribution in [-0.2, 0) is 0 Å². The van der Waals surface area contributed by atoms with Crippen LogP contribution in [-0.4, -0.2) is 49.1 Å². The first-order valence-corrected chi connectivity index (χ1v) is 8.74. The van der Waals surface area contributed by atoms with Gasteiger partial charge in [-0.25, -0.2) is 9.97 Å². The number of aryl methyl sites for hydroxylation is 1. The summed E-state index contributed by atoms with van der Waals surface area (Å²) < 4.78 is 7.73. The number of para-hydroxylation sites is 1. The molecule has 0 aliphatic carbocycles. The smallest absolute Gasteiger partial charge is 0.189 e. The number of rotatable bonds is 4. The molecule has 0 spiro atoms. The molecule has 4 aromatic rings. The minimum atomic E-state index is 0.112. The normalized spacial score (nSPS) is 14.3. The molecule has 0 bridgehead atoms. The highest BCUT2D eigenvalue weighted by atomic mass is 16.5. The van der Waals surface area contributed by atoms with Crippen LogP contribution in [0.1, 0.15) is 5.69 Å². The van der Waals surface area contributed by atoms with E-state index < -0.39 is 0 Å². The number of hydrogen-bond acceptors (Lipinski definition) is 7. The Balaban J connectivity index is 1.37. The molecule has 0 radical (unpaired) electrons. The van der Waals surface area contributed by atoms with Gasteiger partial charge in [0.2, 0.25) is 0 Å². The third-order valence-electron chi connectivity index (χ3n) is 4.54. The van der Waals surface area contributed by atoms with E-state index in [4.69, 9.17) is 4.74 Å². The summed E-state index contributed by atoms with van der Waals surface area (Å²) in [6.45, 7) is 3.44. The van der Waals surface area contributed by atoms with Crippen molar-refractivity contribution in [2.24, 2.45) is 0 Å². The fourth-order valence-electron chi connectivity index (χ4n) is 3.18. The number of benzene rings is 1. The number of aromatic nitrogens is 6. The first kappa shape index (κ1) is 15.7. The summed E-state index contributed by atoms with van der Waals surface area (Å²) in [7, 11) is 0. The van der Waals surface area contributed by atoms with E-state index >= 15 is 0 Å². The summed E-state index contributed by atoms with van der Waals surface area (Å²) in [6.07, 6.45) is 3.43. The lowest BCUT2D eigenvalue weighted by Crippen LogP contribution is -2.54. The quantitative estimate of drug-likeness (QED) is 0.552. The van der Waals surface area contributed by atoms with Crippen LogP contribution in [0.3, 0.4) is 0 Å². The summed E-state index contributed by atoms with van der Waals surface area (Å²) in [5.74, 6) is 1.63. The maximum Gasteiger partial charge on any atom is 0.189 e. The summed E-state index contributed by atoms with van der Waals surface area (Å²) in [5.41, 5.74) is 3.25. The van der Waals surface area contributed by atoms with E-state index in [2.05, 4.69) is 30.2 Å². The molecule has 1 aromatic carbocycles. The Morgan fingerprint density at radius 2 is 1.89 bits per heavy atom. The van der Waals surface area contributed by atoms with Crippen LogP contribution in [0.4, 0.5) is 5.82 Å². The molecule has 1 fully saturated rings. The van der Waals surface area contributed by atoms with Crippen molar-refractivity contribution in [2.75, 3.05) is 18.0 Å². The molecule has 1 aliphatic rings. The Morgan fingerprint density at radius 1 is 1.04 bits per heavy atom. The Kier molecular flexibility index (Phi) is 3.67. The fourth-order valence-corrected chi connectivity index (χ4v) is 3.18. The lowest BCUT2D eigenvalue weighted by atomic mass is 10.1. The molecule has 0 unspecified atom stereocenters. The highest BCUT2D eigenvalue weighted by molar-refractivity contribution is 5.84. The lowest BCUT2D eigenvalue weighted by Gasteiger charge is -2.39. The molecule has 3 aromatic heterocycles. The molecule has 1 aliphatic heterocycles. The molecule has 1 saturated heterocycles. The summed E-state index contributed by atoms with van der Waals surface area (Å²) in [4.78, 5) is 15.1. The van der Waals surface area contributed by atoms with Gasteiger partial charge >= 0.3 is 0 Å². The van der Waals surface area contributed by atoms with E-state index in [-0.39, 0.29) is 6.10 Å². The fraction of sp³-hybridized carbons (Fsp3) is 0.211. The molecule has 0 N–H and O–H groups in total. The van der Waals surface area contributed by atoms with Crippen LogP contribution >= 0.6 is 0 Å². The zero-order valence-electron chi connectivity index (χ0n) is 14.7. The van der Waals surface area contributed by atoms with Crippen molar-refractivity contribution in [3.8, 4) is 11.4 Å². The van der Waals surface area contributed by atoms with E-state index in [9.17, 15) is 0 Å². The zero-order chi connectivity index (χ0) is 18.2. The molecule has 4 heterocycles. The second-order valence-electron chi connectivity index (χ2n) is 6.48. The van der Waals surface area contributed by atoms with Crippen molar-refractivity contribution in [1.82, 2.24) is 29.9 Å². The molecular weight excluding hydrogens is 342 g/mol. The topological polar surface area (TPSA) is 81.9 Å². The number of fused-ring (bicyclic) bond motifs is 1. The van der Waals surface area contributed by atoms with Crippen molar-refractivity contribution in [1.29, 1.82) is 0 Å². The second-order valence-corrected chi connectivity index (χ2v) is 6.48. The van der Waals surface area contributed by atoms with Crippen LogP contribution < -0.4 is 9.64 Å². The third kappa shape index (κ3) is 2.84. The van der Waals surface area contributed by atoms with Crippen LogP contribution in [0, 0.1) is 6.92 Å². The first-order valence-electron chi connectivity index (χ1n) is 8.74. The van der Waals surface area contributed by atoms with Gasteiger partial charge in [0.25, 0.3) is 0 Å². The molecule has 134 valence electrons. The molecule has 5 rings (SSSR count). The van der Waals surface area contributed by atoms with Crippen LogP contribution in [0.25, 0.3) is 16.9 Å². The monoisotopic (exact) mass is 359 g/mol. The van der Waals surface area contributed by atoms with Gasteiger partial charge < -0.3 is 9.64 Å². The molecule has 8 heteroatoms. The maximum atomic E-state index is 6.00. The van der Waals surface area contributed by atoms with Gasteiger partial charge in [-0.3, -0.25) is 4.98 Å². The van der Waals surface area contributed by atoms with E-state index in [0.29, 0.717) is 11.2 Å². The van der Waals surface area contributed by atoms with E-state index in [1.54, 1.807) is 17.2 Å². The molecule has 0 atom stereocenters. The summed E-state index contributed by atoms with van der Waals surface area (Å²) >= 11 is 0. The number of hydrogen-bond donors (Lipinski definition) is 0. The standard InChI is InChI=1S/C19H17N7O/c1-13-9-15(7-8-20-13)27-16-10-25(11-16)18-17-19(22-12-21-18)26(24-23-17)14-5-3-2-4-6-14/h2-9,12,16H,10-11H2,1H3. The SMILES string of the molecule is Cc1cc(OC2CN(c3ncnc4c3nnn4-c3ccccc3)C2)ccn1. The molecule has 27 heavy (non-hydrogen) atoms. The van der Waals surface area contributed by atoms with Crippen molar-refractivity contribution in [3.63, 3.8) is 0 Å². The Hall–Kier alpha value is -3.55. The second kappa shape index (κ2) is 6.31. The minimum absolute atomic E-state index is 0.112. The average molecular weight is 359 g/mol. The number of pyridine rings is 1. The van der Waals surface area contributed by atoms with E-state index in [1.165, 1.54) is 0 Å². The van der Waals surface area contributed by atoms with Gasteiger partial charge in [0.05, 0.1) is 18.8 Å².